The van der Waals surface area contributed by atoms with Gasteiger partial charge in [-0.1, -0.05) is 23.7 Å². The number of carbonyl (C=O) groups excluding carboxylic acids is 2. The van der Waals surface area contributed by atoms with Crippen LogP contribution >= 0.6 is 22.9 Å². The summed E-state index contributed by atoms with van der Waals surface area (Å²) >= 11 is 7.52. The molecule has 9 heteroatoms. The summed E-state index contributed by atoms with van der Waals surface area (Å²) < 4.78 is 5.56. The van der Waals surface area contributed by atoms with Crippen LogP contribution < -0.4 is 10.6 Å². The van der Waals surface area contributed by atoms with Gasteiger partial charge in [-0.25, -0.2) is 4.98 Å². The molecule has 2 N–H and O–H groups in total. The third-order valence-corrected chi connectivity index (χ3v) is 6.53. The molecule has 2 fully saturated rings. The maximum Gasteiger partial charge on any atom is 0.273 e. The minimum absolute atomic E-state index is 0.00218. The van der Waals surface area contributed by atoms with Crippen molar-refractivity contribution in [1.82, 2.24) is 15.2 Å². The van der Waals surface area contributed by atoms with Crippen molar-refractivity contribution in [3.63, 3.8) is 0 Å². The highest BCUT2D eigenvalue weighted by Gasteiger charge is 2.30. The maximum absolute atomic E-state index is 12.9. The van der Waals surface area contributed by atoms with Crippen molar-refractivity contribution < 1.29 is 14.3 Å². The molecule has 2 amide bonds. The second-order valence-electron chi connectivity index (χ2n) is 7.61. The fourth-order valence-corrected chi connectivity index (χ4v) is 4.69. The molecule has 2 saturated heterocycles. The lowest BCUT2D eigenvalue weighted by Crippen LogP contribution is -2.46. The van der Waals surface area contributed by atoms with Crippen molar-refractivity contribution in [2.45, 2.75) is 31.8 Å². The van der Waals surface area contributed by atoms with Crippen molar-refractivity contribution in [2.75, 3.05) is 31.6 Å². The SMILES string of the molecule is O=C(NC[C@H]1CCCO1)[C@H]1CCCN(C(=O)c2csc(Nc3ccccc3Cl)n2)C1. The molecule has 0 spiro atoms. The number of carbonyl (C=O) groups is 2. The van der Waals surface area contributed by atoms with Crippen molar-refractivity contribution >= 4 is 45.6 Å². The Bertz CT molecular complexity index is 900. The number of halogens is 1. The Labute approximate surface area is 184 Å². The third kappa shape index (κ3) is 5.11. The van der Waals surface area contributed by atoms with Gasteiger partial charge in [-0.3, -0.25) is 9.59 Å². The summed E-state index contributed by atoms with van der Waals surface area (Å²) in [6.45, 7) is 2.37. The second kappa shape index (κ2) is 9.76. The van der Waals surface area contributed by atoms with E-state index in [0.29, 0.717) is 35.5 Å². The lowest BCUT2D eigenvalue weighted by atomic mass is 9.97. The summed E-state index contributed by atoms with van der Waals surface area (Å²) in [7, 11) is 0. The second-order valence-corrected chi connectivity index (χ2v) is 8.88. The summed E-state index contributed by atoms with van der Waals surface area (Å²) in [6.07, 6.45) is 3.75. The smallest absolute Gasteiger partial charge is 0.273 e. The van der Waals surface area contributed by atoms with Crippen LogP contribution in [0.2, 0.25) is 5.02 Å². The zero-order valence-electron chi connectivity index (χ0n) is 16.6. The Morgan fingerprint density at radius 3 is 2.93 bits per heavy atom. The average molecular weight is 449 g/mol. The van der Waals surface area contributed by atoms with Gasteiger partial charge in [0, 0.05) is 31.6 Å². The number of amides is 2. The topological polar surface area (TPSA) is 83.6 Å². The van der Waals surface area contributed by atoms with Gasteiger partial charge in [0.25, 0.3) is 5.91 Å². The predicted octanol–water partition coefficient (Wildman–Crippen LogP) is 3.69. The molecule has 0 radical (unpaired) electrons. The Balaban J connectivity index is 1.33. The molecular weight excluding hydrogens is 424 g/mol. The van der Waals surface area contributed by atoms with Gasteiger partial charge in [0.05, 0.1) is 22.7 Å². The van der Waals surface area contributed by atoms with E-state index in [2.05, 4.69) is 15.6 Å². The van der Waals surface area contributed by atoms with Crippen LogP contribution in [0.15, 0.2) is 29.6 Å². The van der Waals surface area contributed by atoms with Crippen molar-refractivity contribution in [1.29, 1.82) is 0 Å². The first kappa shape index (κ1) is 21.1. The third-order valence-electron chi connectivity index (χ3n) is 5.45. The molecule has 1 aromatic carbocycles. The van der Waals surface area contributed by atoms with Gasteiger partial charge in [0.1, 0.15) is 5.69 Å². The highest BCUT2D eigenvalue weighted by Crippen LogP contribution is 2.27. The molecule has 2 aliphatic heterocycles. The number of aromatic nitrogens is 1. The number of rotatable bonds is 6. The van der Waals surface area contributed by atoms with Crippen LogP contribution in [0.4, 0.5) is 10.8 Å². The Morgan fingerprint density at radius 2 is 2.13 bits per heavy atom. The molecule has 3 heterocycles. The number of nitrogens with one attached hydrogen (secondary N) is 2. The molecule has 30 heavy (non-hydrogen) atoms. The molecule has 2 aliphatic rings. The first-order valence-electron chi connectivity index (χ1n) is 10.3. The maximum atomic E-state index is 12.9. The van der Waals surface area contributed by atoms with E-state index in [9.17, 15) is 9.59 Å². The lowest BCUT2D eigenvalue weighted by Gasteiger charge is -2.31. The fraction of sp³-hybridized carbons (Fsp3) is 0.476. The van der Waals surface area contributed by atoms with Crippen LogP contribution in [-0.4, -0.2) is 54.0 Å². The van der Waals surface area contributed by atoms with Gasteiger partial charge in [0.2, 0.25) is 5.91 Å². The molecule has 0 unspecified atom stereocenters. The first-order valence-corrected chi connectivity index (χ1v) is 11.5. The minimum atomic E-state index is -0.191. The quantitative estimate of drug-likeness (QED) is 0.704. The Hall–Kier alpha value is -2.16. The van der Waals surface area contributed by atoms with Crippen molar-refractivity contribution in [3.05, 3.63) is 40.4 Å². The van der Waals surface area contributed by atoms with E-state index in [4.69, 9.17) is 16.3 Å². The van der Waals surface area contributed by atoms with Crippen molar-refractivity contribution in [2.24, 2.45) is 5.92 Å². The van der Waals surface area contributed by atoms with Crippen LogP contribution in [0.1, 0.15) is 36.2 Å². The summed E-state index contributed by atoms with van der Waals surface area (Å²) in [5.41, 5.74) is 1.13. The number of likely N-dealkylation sites (tertiary alicyclic amines) is 1. The zero-order chi connectivity index (χ0) is 20.9. The van der Waals surface area contributed by atoms with E-state index in [1.807, 2.05) is 18.2 Å². The number of benzene rings is 1. The first-order chi connectivity index (χ1) is 14.6. The molecule has 4 rings (SSSR count). The number of piperidine rings is 1. The molecular formula is C21H25ClN4O3S. The van der Waals surface area contributed by atoms with Gasteiger partial charge < -0.3 is 20.3 Å². The summed E-state index contributed by atoms with van der Waals surface area (Å²) in [4.78, 5) is 31.6. The largest absolute Gasteiger partial charge is 0.376 e. The molecule has 7 nitrogen and oxygen atoms in total. The normalized spacial score (nSPS) is 21.4. The highest BCUT2D eigenvalue weighted by molar-refractivity contribution is 7.14. The molecule has 0 bridgehead atoms. The van der Waals surface area contributed by atoms with Gasteiger partial charge in [-0.15, -0.1) is 11.3 Å². The standard InChI is InChI=1S/C21H25ClN4O3S/c22-16-7-1-2-8-17(16)24-21-25-18(13-30-21)20(28)26-9-3-5-14(12-26)19(27)23-11-15-6-4-10-29-15/h1-2,7-8,13-15H,3-6,9-12H2,(H,23,27)(H,24,25)/t14-,15+/m0/s1. The van der Waals surface area contributed by atoms with E-state index in [-0.39, 0.29) is 23.8 Å². The van der Waals surface area contributed by atoms with Crippen LogP contribution in [-0.2, 0) is 9.53 Å². The van der Waals surface area contributed by atoms with Crippen LogP contribution in [0, 0.1) is 5.92 Å². The number of thiazole rings is 1. The number of hydrogen-bond acceptors (Lipinski definition) is 6. The lowest BCUT2D eigenvalue weighted by molar-refractivity contribution is -0.126. The van der Waals surface area contributed by atoms with Gasteiger partial charge in [-0.2, -0.15) is 0 Å². The summed E-state index contributed by atoms with van der Waals surface area (Å²) in [6, 6.07) is 7.39. The molecule has 1 aromatic heterocycles. The molecule has 160 valence electrons. The molecule has 2 atom stereocenters. The molecule has 0 saturated carbocycles. The van der Waals surface area contributed by atoms with Gasteiger partial charge in [-0.05, 0) is 37.8 Å². The Morgan fingerprint density at radius 1 is 1.27 bits per heavy atom. The number of para-hydroxylation sites is 1. The summed E-state index contributed by atoms with van der Waals surface area (Å²) in [5, 5.41) is 9.08. The fourth-order valence-electron chi connectivity index (χ4n) is 3.81. The van der Waals surface area contributed by atoms with Crippen molar-refractivity contribution in [3.8, 4) is 0 Å². The Kier molecular flexibility index (Phi) is 6.86. The average Bonchev–Trinajstić information content (AvgIpc) is 3.45. The molecule has 0 aliphatic carbocycles. The predicted molar refractivity (Wildman–Crippen MR) is 117 cm³/mol. The number of anilines is 2. The zero-order valence-corrected chi connectivity index (χ0v) is 18.2. The monoisotopic (exact) mass is 448 g/mol. The van der Waals surface area contributed by atoms with E-state index in [1.165, 1.54) is 11.3 Å². The van der Waals surface area contributed by atoms with Crippen LogP contribution in [0.25, 0.3) is 0 Å². The molecule has 2 aromatic rings. The number of hydrogen-bond donors (Lipinski definition) is 2. The van der Waals surface area contributed by atoms with E-state index in [1.54, 1.807) is 16.3 Å². The van der Waals surface area contributed by atoms with Crippen LogP contribution in [0.3, 0.4) is 0 Å². The van der Waals surface area contributed by atoms with E-state index < -0.39 is 0 Å². The van der Waals surface area contributed by atoms with E-state index >= 15 is 0 Å². The van der Waals surface area contributed by atoms with Gasteiger partial charge in [0.15, 0.2) is 5.13 Å². The van der Waals surface area contributed by atoms with E-state index in [0.717, 1.165) is 38.0 Å². The highest BCUT2D eigenvalue weighted by atomic mass is 35.5. The summed E-state index contributed by atoms with van der Waals surface area (Å²) in [5.74, 6) is -0.333. The van der Waals surface area contributed by atoms with Gasteiger partial charge >= 0.3 is 0 Å². The minimum Gasteiger partial charge on any atom is -0.376 e. The number of ether oxygens (including phenoxy) is 1. The van der Waals surface area contributed by atoms with Crippen LogP contribution in [0.5, 0.6) is 0 Å². The number of nitrogens with zero attached hydrogens (tertiary/aromatic N) is 2.